The van der Waals surface area contributed by atoms with E-state index in [1.807, 2.05) is 13.8 Å². The number of hydrogen-bond acceptors (Lipinski definition) is 7. The summed E-state index contributed by atoms with van der Waals surface area (Å²) in [5.41, 5.74) is 5.49. The lowest BCUT2D eigenvalue weighted by molar-refractivity contribution is 0.0967. The molecule has 1 heterocycles. The van der Waals surface area contributed by atoms with Crippen LogP contribution >= 0.6 is 0 Å². The van der Waals surface area contributed by atoms with Crippen LogP contribution in [0.15, 0.2) is 0 Å². The van der Waals surface area contributed by atoms with Gasteiger partial charge in [0.1, 0.15) is 6.61 Å². The fourth-order valence-corrected chi connectivity index (χ4v) is 1.05. The first-order valence-corrected chi connectivity index (χ1v) is 5.61. The van der Waals surface area contributed by atoms with Crippen LogP contribution in [-0.2, 0) is 4.74 Å². The van der Waals surface area contributed by atoms with Crippen molar-refractivity contribution in [2.45, 2.75) is 20.3 Å². The van der Waals surface area contributed by atoms with Crippen molar-refractivity contribution in [3.8, 4) is 12.0 Å². The Morgan fingerprint density at radius 2 is 1.65 bits per heavy atom. The monoisotopic (exact) mass is 242 g/mol. The van der Waals surface area contributed by atoms with Crippen LogP contribution < -0.4 is 15.2 Å². The quantitative estimate of drug-likeness (QED) is 0.669. The predicted molar refractivity (Wildman–Crippen MR) is 62.0 cm³/mol. The molecule has 0 amide bonds. The average Bonchev–Trinajstić information content (AvgIpc) is 2.28. The molecular weight excluding hydrogens is 224 g/mol. The zero-order valence-corrected chi connectivity index (χ0v) is 10.2. The molecule has 2 N–H and O–H groups in total. The molecule has 0 bridgehead atoms. The minimum Gasteiger partial charge on any atom is -0.464 e. The molecule has 0 aliphatic carbocycles. The molecule has 7 heteroatoms. The van der Waals surface area contributed by atoms with Gasteiger partial charge in [-0.15, -0.1) is 4.98 Å². The second-order valence-electron chi connectivity index (χ2n) is 3.15. The Bertz CT molecular complexity index is 335. The standard InChI is InChI=1S/C10H18N4O3/c1-3-5-15-6-7-17-10-13-8(11)12-9(14-10)16-4-2/h3-7H2,1-2H3,(H2,11,12,13,14). The van der Waals surface area contributed by atoms with Crippen molar-refractivity contribution in [1.29, 1.82) is 0 Å². The molecule has 17 heavy (non-hydrogen) atoms. The van der Waals surface area contributed by atoms with E-state index < -0.39 is 0 Å². The largest absolute Gasteiger partial charge is 0.464 e. The van der Waals surface area contributed by atoms with Gasteiger partial charge < -0.3 is 19.9 Å². The summed E-state index contributed by atoms with van der Waals surface area (Å²) >= 11 is 0. The van der Waals surface area contributed by atoms with Gasteiger partial charge in [-0.05, 0) is 13.3 Å². The second-order valence-corrected chi connectivity index (χ2v) is 3.15. The molecule has 0 unspecified atom stereocenters. The number of nitrogen functional groups attached to an aromatic ring is 1. The summed E-state index contributed by atoms with van der Waals surface area (Å²) in [6, 6.07) is 0.325. The summed E-state index contributed by atoms with van der Waals surface area (Å²) in [4.78, 5) is 11.6. The Morgan fingerprint density at radius 1 is 0.941 bits per heavy atom. The van der Waals surface area contributed by atoms with E-state index in [1.54, 1.807) is 0 Å². The van der Waals surface area contributed by atoms with Gasteiger partial charge in [0.25, 0.3) is 0 Å². The van der Waals surface area contributed by atoms with Crippen LogP contribution in [-0.4, -0.2) is 41.4 Å². The van der Waals surface area contributed by atoms with E-state index in [4.69, 9.17) is 19.9 Å². The van der Waals surface area contributed by atoms with Crippen molar-refractivity contribution < 1.29 is 14.2 Å². The van der Waals surface area contributed by atoms with Crippen molar-refractivity contribution in [3.05, 3.63) is 0 Å². The highest BCUT2D eigenvalue weighted by Crippen LogP contribution is 2.10. The molecule has 1 aromatic heterocycles. The number of nitrogens with zero attached hydrogens (tertiary/aromatic N) is 3. The number of ether oxygens (including phenoxy) is 3. The number of nitrogens with two attached hydrogens (primary N) is 1. The van der Waals surface area contributed by atoms with Gasteiger partial charge in [-0.3, -0.25) is 0 Å². The van der Waals surface area contributed by atoms with Gasteiger partial charge in [-0.25, -0.2) is 0 Å². The Hall–Kier alpha value is -1.63. The molecule has 0 atom stereocenters. The first kappa shape index (κ1) is 13.4. The second kappa shape index (κ2) is 7.61. The number of rotatable bonds is 8. The highest BCUT2D eigenvalue weighted by Gasteiger charge is 2.05. The van der Waals surface area contributed by atoms with Crippen LogP contribution in [0.4, 0.5) is 5.95 Å². The molecule has 0 aliphatic heterocycles. The van der Waals surface area contributed by atoms with Gasteiger partial charge in [0, 0.05) is 6.61 Å². The predicted octanol–water partition coefficient (Wildman–Crippen LogP) is 0.658. The molecule has 0 saturated carbocycles. The summed E-state index contributed by atoms with van der Waals surface area (Å²) in [5.74, 6) is 0.0768. The zero-order valence-electron chi connectivity index (χ0n) is 10.2. The van der Waals surface area contributed by atoms with Crippen molar-refractivity contribution in [2.75, 3.05) is 32.2 Å². The van der Waals surface area contributed by atoms with Gasteiger partial charge in [0.15, 0.2) is 0 Å². The molecule has 96 valence electrons. The Balaban J connectivity index is 2.41. The van der Waals surface area contributed by atoms with Gasteiger partial charge >= 0.3 is 12.0 Å². The normalized spacial score (nSPS) is 10.2. The number of anilines is 1. The van der Waals surface area contributed by atoms with E-state index in [0.29, 0.717) is 26.4 Å². The molecule has 0 radical (unpaired) electrons. The van der Waals surface area contributed by atoms with Crippen molar-refractivity contribution in [3.63, 3.8) is 0 Å². The maximum absolute atomic E-state index is 5.49. The molecule has 0 aliphatic rings. The lowest BCUT2D eigenvalue weighted by atomic mass is 10.5. The Morgan fingerprint density at radius 3 is 2.29 bits per heavy atom. The molecule has 0 saturated heterocycles. The van der Waals surface area contributed by atoms with E-state index in [9.17, 15) is 0 Å². The fourth-order valence-electron chi connectivity index (χ4n) is 1.05. The molecule has 0 fully saturated rings. The lowest BCUT2D eigenvalue weighted by Gasteiger charge is -2.06. The highest BCUT2D eigenvalue weighted by molar-refractivity contribution is 5.20. The molecule has 0 spiro atoms. The van der Waals surface area contributed by atoms with Crippen LogP contribution in [0.1, 0.15) is 20.3 Å². The molecular formula is C10H18N4O3. The van der Waals surface area contributed by atoms with Gasteiger partial charge in [-0.1, -0.05) is 6.92 Å². The molecule has 0 aromatic carbocycles. The minimum absolute atomic E-state index is 0.0768. The Labute approximate surface area is 100 Å². The van der Waals surface area contributed by atoms with Gasteiger partial charge in [0.2, 0.25) is 5.95 Å². The van der Waals surface area contributed by atoms with Crippen LogP contribution in [0.25, 0.3) is 0 Å². The van der Waals surface area contributed by atoms with Crippen LogP contribution in [0.3, 0.4) is 0 Å². The summed E-state index contributed by atoms with van der Waals surface area (Å²) < 4.78 is 15.6. The first-order valence-electron chi connectivity index (χ1n) is 5.61. The average molecular weight is 242 g/mol. The van der Waals surface area contributed by atoms with Gasteiger partial charge in [0.05, 0.1) is 13.2 Å². The van der Waals surface area contributed by atoms with Gasteiger partial charge in [-0.2, -0.15) is 9.97 Å². The van der Waals surface area contributed by atoms with Crippen molar-refractivity contribution in [1.82, 2.24) is 15.0 Å². The third-order valence-electron chi connectivity index (χ3n) is 1.69. The van der Waals surface area contributed by atoms with Crippen LogP contribution in [0.2, 0.25) is 0 Å². The summed E-state index contributed by atoms with van der Waals surface area (Å²) in [6.07, 6.45) is 0.979. The fraction of sp³-hybridized carbons (Fsp3) is 0.700. The van der Waals surface area contributed by atoms with Crippen LogP contribution in [0, 0.1) is 0 Å². The first-order chi connectivity index (χ1) is 8.26. The number of aromatic nitrogens is 3. The van der Waals surface area contributed by atoms with E-state index in [2.05, 4.69) is 15.0 Å². The maximum atomic E-state index is 5.49. The van der Waals surface area contributed by atoms with Crippen LogP contribution in [0.5, 0.6) is 12.0 Å². The Kier molecular flexibility index (Phi) is 6.02. The van der Waals surface area contributed by atoms with E-state index in [0.717, 1.165) is 6.42 Å². The van der Waals surface area contributed by atoms with E-state index >= 15 is 0 Å². The summed E-state index contributed by atoms with van der Waals surface area (Å²) in [6.45, 7) is 5.91. The molecule has 1 rings (SSSR count). The van der Waals surface area contributed by atoms with E-state index in [1.165, 1.54) is 0 Å². The van der Waals surface area contributed by atoms with Crippen molar-refractivity contribution in [2.24, 2.45) is 0 Å². The third kappa shape index (κ3) is 5.30. The smallest absolute Gasteiger partial charge is 0.324 e. The highest BCUT2D eigenvalue weighted by atomic mass is 16.5. The third-order valence-corrected chi connectivity index (χ3v) is 1.69. The topological polar surface area (TPSA) is 92.4 Å². The number of hydrogen-bond donors (Lipinski definition) is 1. The maximum Gasteiger partial charge on any atom is 0.324 e. The van der Waals surface area contributed by atoms with Crippen molar-refractivity contribution >= 4 is 5.95 Å². The zero-order chi connectivity index (χ0) is 12.5. The van der Waals surface area contributed by atoms with E-state index in [-0.39, 0.29) is 18.0 Å². The molecule has 1 aromatic rings. The lowest BCUT2D eigenvalue weighted by Crippen LogP contribution is -2.11. The summed E-state index contributed by atoms with van der Waals surface area (Å²) in [5, 5.41) is 0. The SMILES string of the molecule is CCCOCCOc1nc(N)nc(OCC)n1. The minimum atomic E-state index is 0.0768. The summed E-state index contributed by atoms with van der Waals surface area (Å²) in [7, 11) is 0. The molecule has 7 nitrogen and oxygen atoms in total.